The minimum atomic E-state index is -1.65. The van der Waals surface area contributed by atoms with E-state index >= 15 is 0 Å². The lowest BCUT2D eigenvalue weighted by Crippen LogP contribution is -2.47. The maximum atomic E-state index is 14.7. The Morgan fingerprint density at radius 2 is 0.854 bits per heavy atom. The number of aromatic nitrogens is 8. The van der Waals surface area contributed by atoms with Crippen LogP contribution in [0, 0.1) is 48.7 Å². The van der Waals surface area contributed by atoms with Crippen molar-refractivity contribution in [1.82, 2.24) is 39.0 Å². The summed E-state index contributed by atoms with van der Waals surface area (Å²) in [6, 6.07) is 0. The van der Waals surface area contributed by atoms with Crippen molar-refractivity contribution < 1.29 is 42.7 Å². The summed E-state index contributed by atoms with van der Waals surface area (Å²) in [6.07, 6.45) is 47.7. The topological polar surface area (TPSA) is 234 Å². The van der Waals surface area contributed by atoms with Gasteiger partial charge in [-0.15, -0.1) is 12.8 Å². The van der Waals surface area contributed by atoms with Crippen molar-refractivity contribution in [3.05, 3.63) is 24.8 Å². The quantitative estimate of drug-likeness (QED) is 0.0140. The number of hydrogen-bond donors (Lipinski definition) is 4. The minimum absolute atomic E-state index is 0.0776. The lowest BCUT2D eigenvalue weighted by atomic mass is 9.81. The number of carbonyl (C=O) groups is 1. The normalized spacial score (nSPS) is 21.5. The summed E-state index contributed by atoms with van der Waals surface area (Å²) in [6.45, 7) is 3.26. The Balaban J connectivity index is 1.14. The number of aliphatic hydroxyl groups excluding tert-OH is 2. The van der Waals surface area contributed by atoms with Crippen LogP contribution in [0.2, 0.25) is 0 Å². The fourth-order valence-electron chi connectivity index (χ4n) is 12.5. The van der Waals surface area contributed by atoms with E-state index in [1.165, 1.54) is 163 Å². The number of terminal acetylenes is 2. The van der Waals surface area contributed by atoms with Crippen molar-refractivity contribution in [1.29, 1.82) is 0 Å². The molecule has 0 spiro atoms. The van der Waals surface area contributed by atoms with Gasteiger partial charge in [0.25, 0.3) is 0 Å². The van der Waals surface area contributed by atoms with Crippen LogP contribution in [0.25, 0.3) is 22.3 Å². The number of rotatable bonds is 42. The predicted octanol–water partition coefficient (Wildman–Crippen LogP) is 14.1. The Kier molecular flexibility index (Phi) is 28.3. The fraction of sp³-hybridized carbons (Fsp3) is 0.762. The largest absolute Gasteiger partial charge is 0.508 e. The maximum absolute atomic E-state index is 14.7. The number of ether oxygens (including phenoxy) is 4. The van der Waals surface area contributed by atoms with Crippen LogP contribution in [-0.2, 0) is 18.9 Å². The summed E-state index contributed by atoms with van der Waals surface area (Å²) >= 11 is 0. The van der Waals surface area contributed by atoms with Gasteiger partial charge in [0.05, 0.1) is 25.9 Å². The highest BCUT2D eigenvalue weighted by atomic mass is 19.1. The first-order valence-electron chi connectivity index (χ1n) is 31.7. The first-order valence-corrected chi connectivity index (χ1v) is 31.7. The second-order valence-electron chi connectivity index (χ2n) is 23.4. The zero-order chi connectivity index (χ0) is 58.6. The van der Waals surface area contributed by atoms with Crippen LogP contribution in [0.3, 0.4) is 0 Å². The number of hydrogen-bond acceptors (Lipinski definition) is 15. The van der Waals surface area contributed by atoms with Gasteiger partial charge in [0.15, 0.2) is 45.2 Å². The number of unbranched alkanes of at least 4 members (excludes halogenated alkanes) is 30. The number of imidazole rings is 2. The summed E-state index contributed by atoms with van der Waals surface area (Å²) < 4.78 is 58.1. The van der Waals surface area contributed by atoms with Gasteiger partial charge in [-0.3, -0.25) is 9.13 Å². The first kappa shape index (κ1) is 65.9. The molecule has 8 unspecified atom stereocenters. The molecule has 6 heterocycles. The lowest BCUT2D eigenvalue weighted by Gasteiger charge is -2.35. The van der Waals surface area contributed by atoms with Gasteiger partial charge < -0.3 is 40.6 Å². The van der Waals surface area contributed by atoms with E-state index in [0.717, 1.165) is 51.4 Å². The molecule has 4 aromatic heterocycles. The van der Waals surface area contributed by atoms with E-state index in [-0.39, 0.29) is 46.8 Å². The minimum Gasteiger partial charge on any atom is -0.431 e. The molecule has 4 aromatic rings. The number of nitrogens with zero attached hydrogens (tertiary/aromatic N) is 8. The highest BCUT2D eigenvalue weighted by molar-refractivity contribution is 5.82. The predicted molar refractivity (Wildman–Crippen MR) is 317 cm³/mol. The Labute approximate surface area is 487 Å². The van der Waals surface area contributed by atoms with Crippen molar-refractivity contribution >= 4 is 40.1 Å². The molecule has 2 saturated heterocycles. The van der Waals surface area contributed by atoms with Gasteiger partial charge in [0.1, 0.15) is 24.7 Å². The Morgan fingerprint density at radius 1 is 0.561 bits per heavy atom. The highest BCUT2D eigenvalue weighted by Crippen LogP contribution is 2.48. The molecule has 8 atom stereocenters. The van der Waals surface area contributed by atoms with E-state index < -0.39 is 79.2 Å². The molecule has 17 nitrogen and oxygen atoms in total. The van der Waals surface area contributed by atoms with Gasteiger partial charge in [-0.25, -0.2) is 14.8 Å². The summed E-state index contributed by atoms with van der Waals surface area (Å²) in [4.78, 5) is 38.5. The first-order chi connectivity index (χ1) is 40.0. The molecule has 6 rings (SSSR count). The summed E-state index contributed by atoms with van der Waals surface area (Å²) in [7, 11) is 0. The number of nitrogens with two attached hydrogens (primary N) is 2. The zero-order valence-electron chi connectivity index (χ0n) is 49.6. The smallest absolute Gasteiger partial charge is 0.431 e. The van der Waals surface area contributed by atoms with Gasteiger partial charge in [0, 0.05) is 24.7 Å². The number of halogens is 2. The van der Waals surface area contributed by atoms with Gasteiger partial charge in [-0.2, -0.15) is 28.7 Å². The monoisotopic (exact) mass is 1140 g/mol. The average molecular weight is 1150 g/mol. The van der Waals surface area contributed by atoms with Crippen LogP contribution < -0.4 is 11.5 Å². The molecular weight excluding hydrogens is 1050 g/mol. The Morgan fingerprint density at radius 3 is 1.13 bits per heavy atom. The maximum Gasteiger partial charge on any atom is 0.508 e. The van der Waals surface area contributed by atoms with Crippen LogP contribution in [0.5, 0.6) is 0 Å². The number of fused-ring (bicyclic) bond motifs is 2. The molecule has 82 heavy (non-hydrogen) atoms. The third-order valence-electron chi connectivity index (χ3n) is 17.3. The molecule has 2 fully saturated rings. The van der Waals surface area contributed by atoms with Crippen LogP contribution in [0.1, 0.15) is 257 Å². The number of carbonyl (C=O) groups excluding carboxylic acids is 1. The summed E-state index contributed by atoms with van der Waals surface area (Å²) in [5.74, 6) is 3.52. The third kappa shape index (κ3) is 18.9. The second kappa shape index (κ2) is 35.2. The van der Waals surface area contributed by atoms with Crippen molar-refractivity contribution in [2.45, 2.75) is 281 Å². The number of nitrogen functional groups attached to an aromatic ring is 2. The van der Waals surface area contributed by atoms with Crippen LogP contribution in [0.15, 0.2) is 12.7 Å². The second-order valence-corrected chi connectivity index (χ2v) is 23.4. The molecule has 0 aliphatic carbocycles. The lowest BCUT2D eigenvalue weighted by molar-refractivity contribution is -0.108. The molecule has 6 N–H and O–H groups in total. The van der Waals surface area contributed by atoms with Gasteiger partial charge in [0.2, 0.25) is 0 Å². The Bertz CT molecular complexity index is 2420. The summed E-state index contributed by atoms with van der Waals surface area (Å²) in [5, 5.41) is 22.2. The van der Waals surface area contributed by atoms with Crippen molar-refractivity contribution in [2.24, 2.45) is 11.8 Å². The van der Waals surface area contributed by atoms with Gasteiger partial charge in [-0.05, 0) is 25.7 Å². The van der Waals surface area contributed by atoms with E-state index in [2.05, 4.69) is 55.6 Å². The van der Waals surface area contributed by atoms with Crippen molar-refractivity contribution in [2.75, 3.05) is 24.7 Å². The third-order valence-corrected chi connectivity index (χ3v) is 17.3. The summed E-state index contributed by atoms with van der Waals surface area (Å²) in [5.41, 5.74) is 9.24. The van der Waals surface area contributed by atoms with E-state index in [1.54, 1.807) is 0 Å². The average Bonchev–Trinajstić information content (AvgIpc) is 2.83. The highest BCUT2D eigenvalue weighted by Gasteiger charge is 2.55. The van der Waals surface area contributed by atoms with E-state index in [1.807, 2.05) is 0 Å². The fourth-order valence-corrected chi connectivity index (χ4v) is 12.5. The van der Waals surface area contributed by atoms with Crippen molar-refractivity contribution in [3.63, 3.8) is 0 Å². The van der Waals surface area contributed by atoms with Gasteiger partial charge >= 0.3 is 18.3 Å². The van der Waals surface area contributed by atoms with E-state index in [9.17, 15) is 23.8 Å². The molecule has 456 valence electrons. The van der Waals surface area contributed by atoms with Gasteiger partial charge in [-0.1, -0.05) is 218 Å². The SMILES string of the molecule is C#CC1(CO)OC(n2cnc3c(N)nc(F)nc32)CC1C(CCCCCCCCCCCCCCCCCC)OC(=O)OC(CCCCCCCCCCCCCCCCCC)C1CC(n2cnc3c(N)nc(F)nc32)OC1(C#C)CO. The van der Waals surface area contributed by atoms with Crippen LogP contribution in [0.4, 0.5) is 25.2 Å². The van der Waals surface area contributed by atoms with Crippen LogP contribution in [-0.4, -0.2) is 92.0 Å². The molecular formula is C63H98F2N10O7. The zero-order valence-corrected chi connectivity index (χ0v) is 49.6. The molecule has 2 aliphatic heterocycles. The van der Waals surface area contributed by atoms with E-state index in [4.69, 9.17) is 43.3 Å². The standard InChI is InChI=1S/C63H98F2N10O7/c1-5-9-11-13-15-17-19-21-23-25-27-29-31-33-35-37-39-49(47-41-51(81-62(47,7-3)43-76)74-45-68-53-55(66)70-59(64)72-57(53)74)79-61(78)80-50(40-38-36-34-32-30-28-26-24-22-20-18-16-14-12-10-6-2)48-42-52(82-63(48,8-4)44-77)75-46-69-54-56(67)71-60(65)73-58(54)75/h3-4,45-52,76-77H,5-6,9-44H2,1-2H3,(H2,66,70,72)(H2,67,71,73). The molecule has 0 radical (unpaired) electrons. The van der Waals surface area contributed by atoms with Crippen LogP contribution >= 0.6 is 0 Å². The molecule has 0 saturated carbocycles. The molecule has 0 amide bonds. The molecule has 19 heteroatoms. The molecule has 0 aromatic carbocycles. The van der Waals surface area contributed by atoms with Crippen molar-refractivity contribution in [3.8, 4) is 24.7 Å². The molecule has 0 bridgehead atoms. The Hall–Kier alpha value is -5.21. The number of aliphatic hydroxyl groups is 2. The number of anilines is 2. The van der Waals surface area contributed by atoms with E-state index in [0.29, 0.717) is 25.7 Å². The molecule has 2 aliphatic rings.